The molecule has 4 heteroatoms. The molecule has 0 spiro atoms. The van der Waals surface area contributed by atoms with Crippen molar-refractivity contribution in [3.05, 3.63) is 34.3 Å². The molecule has 0 bridgehead atoms. The summed E-state index contributed by atoms with van der Waals surface area (Å²) in [6, 6.07) is 8.25. The summed E-state index contributed by atoms with van der Waals surface area (Å²) in [5.74, 6) is 0.223. The minimum Gasteiger partial charge on any atom is -0.349 e. The molecule has 0 radical (unpaired) electrons. The van der Waals surface area contributed by atoms with E-state index in [1.54, 1.807) is 0 Å². The molecular formula is C15H21BrN2O. The van der Waals surface area contributed by atoms with Crippen LogP contribution in [0.4, 0.5) is 0 Å². The number of carbonyl (C=O) groups excluding carboxylic acids is 1. The highest BCUT2D eigenvalue weighted by Crippen LogP contribution is 2.24. The van der Waals surface area contributed by atoms with Crippen LogP contribution in [-0.4, -0.2) is 11.9 Å². The molecule has 3 nitrogen and oxygen atoms in total. The maximum Gasteiger partial charge on any atom is 0.223 e. The average Bonchev–Trinajstić information content (AvgIpc) is 2.38. The van der Waals surface area contributed by atoms with Gasteiger partial charge in [0.15, 0.2) is 0 Å². The third-order valence-corrected chi connectivity index (χ3v) is 4.29. The third-order valence-electron chi connectivity index (χ3n) is 3.79. The predicted octanol–water partition coefficient (Wildman–Crippen LogP) is 3.14. The number of benzene rings is 1. The molecule has 2 rings (SSSR count). The summed E-state index contributed by atoms with van der Waals surface area (Å²) in [6.07, 6.45) is 3.89. The van der Waals surface area contributed by atoms with E-state index in [9.17, 15) is 4.79 Å². The van der Waals surface area contributed by atoms with Crippen molar-refractivity contribution in [3.63, 3.8) is 0 Å². The summed E-state index contributed by atoms with van der Waals surface area (Å²) < 4.78 is 1.03. The lowest BCUT2D eigenvalue weighted by molar-refractivity contribution is -0.126. The fraction of sp³-hybridized carbons (Fsp3) is 0.533. The van der Waals surface area contributed by atoms with E-state index in [1.165, 1.54) is 0 Å². The number of nitrogens with one attached hydrogen (secondary N) is 1. The third kappa shape index (κ3) is 4.05. The van der Waals surface area contributed by atoms with Gasteiger partial charge >= 0.3 is 0 Å². The van der Waals surface area contributed by atoms with Crippen molar-refractivity contribution < 1.29 is 4.79 Å². The molecule has 1 amide bonds. The molecule has 1 saturated carbocycles. The number of amides is 1. The summed E-state index contributed by atoms with van der Waals surface area (Å²) in [6.45, 7) is 2.02. The molecule has 1 aromatic carbocycles. The van der Waals surface area contributed by atoms with Gasteiger partial charge in [-0.2, -0.15) is 0 Å². The summed E-state index contributed by atoms with van der Waals surface area (Å²) in [5.41, 5.74) is 7.05. The van der Waals surface area contributed by atoms with Crippen molar-refractivity contribution >= 4 is 21.8 Å². The smallest absolute Gasteiger partial charge is 0.223 e. The van der Waals surface area contributed by atoms with Crippen LogP contribution in [-0.2, 0) is 4.79 Å². The number of halogens is 1. The molecule has 1 aliphatic rings. The molecule has 3 atom stereocenters. The van der Waals surface area contributed by atoms with Gasteiger partial charge in [0.25, 0.3) is 0 Å². The van der Waals surface area contributed by atoms with Gasteiger partial charge in [-0.25, -0.2) is 0 Å². The Morgan fingerprint density at radius 2 is 2.26 bits per heavy atom. The van der Waals surface area contributed by atoms with Crippen molar-refractivity contribution in [1.29, 1.82) is 0 Å². The lowest BCUT2D eigenvalue weighted by atomic mass is 9.85. The first kappa shape index (κ1) is 14.5. The summed E-state index contributed by atoms with van der Waals surface area (Å²) in [5, 5.41) is 3.10. The first-order valence-corrected chi connectivity index (χ1v) is 7.67. The molecule has 0 saturated heterocycles. The van der Waals surface area contributed by atoms with Crippen LogP contribution in [0.5, 0.6) is 0 Å². The van der Waals surface area contributed by atoms with Crippen molar-refractivity contribution in [2.24, 2.45) is 11.7 Å². The van der Waals surface area contributed by atoms with E-state index in [1.807, 2.05) is 31.2 Å². The molecule has 2 unspecified atom stereocenters. The molecule has 1 aliphatic carbocycles. The fourth-order valence-electron chi connectivity index (χ4n) is 2.66. The number of hydrogen-bond donors (Lipinski definition) is 2. The van der Waals surface area contributed by atoms with E-state index in [2.05, 4.69) is 21.2 Å². The topological polar surface area (TPSA) is 55.1 Å². The van der Waals surface area contributed by atoms with Gasteiger partial charge in [0.1, 0.15) is 0 Å². The molecule has 0 aliphatic heterocycles. The van der Waals surface area contributed by atoms with Gasteiger partial charge in [-0.05, 0) is 43.9 Å². The molecule has 19 heavy (non-hydrogen) atoms. The van der Waals surface area contributed by atoms with Crippen LogP contribution in [0, 0.1) is 5.92 Å². The Labute approximate surface area is 123 Å². The first-order valence-electron chi connectivity index (χ1n) is 6.87. The second-order valence-electron chi connectivity index (χ2n) is 5.41. The van der Waals surface area contributed by atoms with Crippen LogP contribution in [0.15, 0.2) is 28.7 Å². The van der Waals surface area contributed by atoms with Gasteiger partial charge in [0.2, 0.25) is 5.91 Å². The average molecular weight is 325 g/mol. The Bertz CT molecular complexity index is 450. The Morgan fingerprint density at radius 1 is 1.47 bits per heavy atom. The highest BCUT2D eigenvalue weighted by molar-refractivity contribution is 9.10. The molecule has 1 aromatic rings. The lowest BCUT2D eigenvalue weighted by Gasteiger charge is -2.27. The van der Waals surface area contributed by atoms with Gasteiger partial charge in [0.05, 0.1) is 6.04 Å². The summed E-state index contributed by atoms with van der Waals surface area (Å²) in [7, 11) is 0. The molecule has 0 heterocycles. The number of nitrogens with two attached hydrogens (primary N) is 1. The zero-order valence-corrected chi connectivity index (χ0v) is 12.8. The quantitative estimate of drug-likeness (QED) is 0.897. The summed E-state index contributed by atoms with van der Waals surface area (Å²) >= 11 is 3.45. The number of carbonyl (C=O) groups is 1. The normalized spacial score (nSPS) is 24.8. The Hall–Kier alpha value is -0.870. The Balaban J connectivity index is 1.94. The molecular weight excluding hydrogens is 304 g/mol. The molecule has 3 N–H and O–H groups in total. The number of hydrogen-bond acceptors (Lipinski definition) is 2. The van der Waals surface area contributed by atoms with Crippen LogP contribution in [0.1, 0.15) is 44.2 Å². The largest absolute Gasteiger partial charge is 0.349 e. The molecule has 1 fully saturated rings. The Morgan fingerprint density at radius 3 is 2.95 bits per heavy atom. The number of rotatable bonds is 3. The van der Waals surface area contributed by atoms with Gasteiger partial charge in [-0.3, -0.25) is 4.79 Å². The molecule has 0 aromatic heterocycles. The van der Waals surface area contributed by atoms with Gasteiger partial charge in [-0.1, -0.05) is 34.5 Å². The second kappa shape index (κ2) is 6.53. The zero-order valence-electron chi connectivity index (χ0n) is 11.2. The van der Waals surface area contributed by atoms with E-state index in [-0.39, 0.29) is 23.9 Å². The van der Waals surface area contributed by atoms with E-state index >= 15 is 0 Å². The first-order chi connectivity index (χ1) is 9.06. The zero-order chi connectivity index (χ0) is 13.8. The van der Waals surface area contributed by atoms with Crippen molar-refractivity contribution in [1.82, 2.24) is 5.32 Å². The second-order valence-corrected chi connectivity index (χ2v) is 6.32. The fourth-order valence-corrected chi connectivity index (χ4v) is 3.07. The SMILES string of the molecule is C[C@H](NC(=O)C1CCCC(N)C1)c1cccc(Br)c1. The Kier molecular flexibility index (Phi) is 4.99. The minimum atomic E-state index is 0.0307. The van der Waals surface area contributed by atoms with Gasteiger partial charge in [0, 0.05) is 16.4 Å². The van der Waals surface area contributed by atoms with Crippen LogP contribution in [0.3, 0.4) is 0 Å². The van der Waals surface area contributed by atoms with Crippen LogP contribution < -0.4 is 11.1 Å². The van der Waals surface area contributed by atoms with E-state index in [0.29, 0.717) is 0 Å². The lowest BCUT2D eigenvalue weighted by Crippen LogP contribution is -2.38. The van der Waals surface area contributed by atoms with E-state index in [4.69, 9.17) is 5.73 Å². The summed E-state index contributed by atoms with van der Waals surface area (Å²) in [4.78, 5) is 12.2. The standard InChI is InChI=1S/C15H21BrN2O/c1-10(11-4-2-6-13(16)8-11)18-15(19)12-5-3-7-14(17)9-12/h2,4,6,8,10,12,14H,3,5,7,9,17H2,1H3,(H,18,19)/t10-,12?,14?/m0/s1. The molecule has 104 valence electrons. The van der Waals surface area contributed by atoms with E-state index < -0.39 is 0 Å². The van der Waals surface area contributed by atoms with Crippen LogP contribution in [0.2, 0.25) is 0 Å². The maximum atomic E-state index is 12.2. The highest BCUT2D eigenvalue weighted by Gasteiger charge is 2.26. The minimum absolute atomic E-state index is 0.0307. The van der Waals surface area contributed by atoms with Crippen LogP contribution in [0.25, 0.3) is 0 Å². The predicted molar refractivity (Wildman–Crippen MR) is 80.6 cm³/mol. The van der Waals surface area contributed by atoms with Gasteiger partial charge in [-0.15, -0.1) is 0 Å². The van der Waals surface area contributed by atoms with Crippen molar-refractivity contribution in [3.8, 4) is 0 Å². The van der Waals surface area contributed by atoms with E-state index in [0.717, 1.165) is 35.7 Å². The van der Waals surface area contributed by atoms with Gasteiger partial charge < -0.3 is 11.1 Å². The van der Waals surface area contributed by atoms with Crippen LogP contribution >= 0.6 is 15.9 Å². The van der Waals surface area contributed by atoms with Crippen molar-refractivity contribution in [2.45, 2.75) is 44.7 Å². The van der Waals surface area contributed by atoms with Crippen molar-refractivity contribution in [2.75, 3.05) is 0 Å². The maximum absolute atomic E-state index is 12.2. The highest BCUT2D eigenvalue weighted by atomic mass is 79.9. The monoisotopic (exact) mass is 324 g/mol.